The second-order valence-electron chi connectivity index (χ2n) is 11.1. The van der Waals surface area contributed by atoms with Crippen molar-refractivity contribution < 1.29 is 0 Å². The van der Waals surface area contributed by atoms with Crippen molar-refractivity contribution in [3.8, 4) is 39.6 Å². The minimum absolute atomic E-state index is 0.726. The molecule has 0 radical (unpaired) electrons. The summed E-state index contributed by atoms with van der Waals surface area (Å²) in [4.78, 5) is 9.98. The summed E-state index contributed by atoms with van der Waals surface area (Å²) >= 11 is 0. The fourth-order valence-electron chi connectivity index (χ4n) is 6.50. The van der Waals surface area contributed by atoms with Crippen LogP contribution in [0.25, 0.3) is 82.9 Å². The summed E-state index contributed by atoms with van der Waals surface area (Å²) in [5.74, 6) is 0.726. The summed E-state index contributed by atoms with van der Waals surface area (Å²) in [5.41, 5.74) is 8.61. The van der Waals surface area contributed by atoms with E-state index in [1.165, 1.54) is 43.4 Å². The SMILES string of the molecule is c1ccc(-c2cc(-c3ccc4cc(-n5c6cccc7ccc8cccc5c8c76)ccc4c3)nc(-c3ccccc3)n2)cc1. The molecule has 0 aliphatic heterocycles. The lowest BCUT2D eigenvalue weighted by molar-refractivity contribution is 1.18. The summed E-state index contributed by atoms with van der Waals surface area (Å²) in [7, 11) is 0. The van der Waals surface area contributed by atoms with Crippen LogP contribution in [0.15, 0.2) is 152 Å². The molecule has 3 nitrogen and oxygen atoms in total. The van der Waals surface area contributed by atoms with Gasteiger partial charge in [-0.2, -0.15) is 0 Å². The van der Waals surface area contributed by atoms with E-state index in [1.54, 1.807) is 0 Å². The molecule has 0 aliphatic carbocycles. The van der Waals surface area contributed by atoms with Crippen LogP contribution in [-0.2, 0) is 0 Å². The Morgan fingerprint density at radius 3 is 1.60 bits per heavy atom. The molecule has 0 bridgehead atoms. The van der Waals surface area contributed by atoms with E-state index in [-0.39, 0.29) is 0 Å². The lowest BCUT2D eigenvalue weighted by Gasteiger charge is -2.12. The molecule has 43 heavy (non-hydrogen) atoms. The van der Waals surface area contributed by atoms with E-state index in [2.05, 4.69) is 120 Å². The van der Waals surface area contributed by atoms with E-state index in [1.807, 2.05) is 36.4 Å². The molecule has 2 heterocycles. The van der Waals surface area contributed by atoms with Gasteiger partial charge in [0.2, 0.25) is 0 Å². The molecular weight excluding hydrogens is 522 g/mol. The summed E-state index contributed by atoms with van der Waals surface area (Å²) in [6, 6.07) is 53.7. The van der Waals surface area contributed by atoms with Gasteiger partial charge in [-0.15, -0.1) is 0 Å². The average Bonchev–Trinajstić information content (AvgIpc) is 3.43. The fourth-order valence-corrected chi connectivity index (χ4v) is 6.50. The zero-order valence-electron chi connectivity index (χ0n) is 23.3. The second-order valence-corrected chi connectivity index (χ2v) is 11.1. The summed E-state index contributed by atoms with van der Waals surface area (Å²) in [6.07, 6.45) is 0. The predicted octanol–water partition coefficient (Wildman–Crippen LogP) is 10.3. The lowest BCUT2D eigenvalue weighted by Crippen LogP contribution is -1.96. The van der Waals surface area contributed by atoms with Crippen molar-refractivity contribution in [1.29, 1.82) is 0 Å². The Balaban J connectivity index is 1.19. The highest BCUT2D eigenvalue weighted by Crippen LogP contribution is 2.39. The molecule has 2 aromatic heterocycles. The third-order valence-corrected chi connectivity index (χ3v) is 8.53. The Hall–Kier alpha value is -5.80. The lowest BCUT2D eigenvalue weighted by atomic mass is 10.0. The number of rotatable bonds is 4. The van der Waals surface area contributed by atoms with Gasteiger partial charge in [0.15, 0.2) is 5.82 Å². The maximum Gasteiger partial charge on any atom is 0.160 e. The molecule has 9 rings (SSSR count). The van der Waals surface area contributed by atoms with Crippen molar-refractivity contribution in [3.63, 3.8) is 0 Å². The van der Waals surface area contributed by atoms with Gasteiger partial charge in [-0.1, -0.05) is 115 Å². The third kappa shape index (κ3) is 3.83. The van der Waals surface area contributed by atoms with Crippen molar-refractivity contribution in [1.82, 2.24) is 14.5 Å². The molecule has 0 unspecified atom stereocenters. The highest BCUT2D eigenvalue weighted by molar-refractivity contribution is 6.24. The average molecular weight is 548 g/mol. The standard InChI is InChI=1S/C40H25N3/c1-3-9-26(10-4-1)34-25-35(42-40(41-34)29-11-5-2-6-12-29)32-20-19-31-24-33(22-21-30(31)23-32)43-36-15-7-13-27-17-18-28-14-8-16-37(43)39(28)38(27)36/h1-25H. The van der Waals surface area contributed by atoms with Crippen LogP contribution in [0.2, 0.25) is 0 Å². The van der Waals surface area contributed by atoms with Crippen molar-refractivity contribution in [2.24, 2.45) is 0 Å². The van der Waals surface area contributed by atoms with Crippen LogP contribution in [-0.4, -0.2) is 14.5 Å². The van der Waals surface area contributed by atoms with Gasteiger partial charge in [0.05, 0.1) is 22.4 Å². The minimum Gasteiger partial charge on any atom is -0.309 e. The Morgan fingerprint density at radius 1 is 0.372 bits per heavy atom. The fraction of sp³-hybridized carbons (Fsp3) is 0. The van der Waals surface area contributed by atoms with Crippen LogP contribution in [0.4, 0.5) is 0 Å². The van der Waals surface area contributed by atoms with Gasteiger partial charge < -0.3 is 4.57 Å². The molecule has 0 aliphatic rings. The topological polar surface area (TPSA) is 30.7 Å². The van der Waals surface area contributed by atoms with Crippen LogP contribution < -0.4 is 0 Å². The zero-order chi connectivity index (χ0) is 28.3. The van der Waals surface area contributed by atoms with Gasteiger partial charge >= 0.3 is 0 Å². The molecule has 0 N–H and O–H groups in total. The number of nitrogens with zero attached hydrogens (tertiary/aromatic N) is 3. The number of hydrogen-bond acceptors (Lipinski definition) is 2. The van der Waals surface area contributed by atoms with E-state index in [4.69, 9.17) is 9.97 Å². The van der Waals surface area contributed by atoms with E-state index in [9.17, 15) is 0 Å². The van der Waals surface area contributed by atoms with Gasteiger partial charge in [0.25, 0.3) is 0 Å². The Bertz CT molecular complexity index is 2310. The van der Waals surface area contributed by atoms with E-state index in [0.29, 0.717) is 0 Å². The summed E-state index contributed by atoms with van der Waals surface area (Å²) in [5, 5.41) is 7.59. The Morgan fingerprint density at radius 2 is 0.930 bits per heavy atom. The molecule has 0 saturated carbocycles. The molecule has 200 valence electrons. The first kappa shape index (κ1) is 23.9. The smallest absolute Gasteiger partial charge is 0.160 e. The number of benzene rings is 7. The van der Waals surface area contributed by atoms with Crippen LogP contribution in [0.3, 0.4) is 0 Å². The highest BCUT2D eigenvalue weighted by Gasteiger charge is 2.17. The molecule has 0 fully saturated rings. The van der Waals surface area contributed by atoms with Crippen LogP contribution in [0.1, 0.15) is 0 Å². The van der Waals surface area contributed by atoms with E-state index >= 15 is 0 Å². The first-order valence-electron chi connectivity index (χ1n) is 14.6. The van der Waals surface area contributed by atoms with E-state index < -0.39 is 0 Å². The highest BCUT2D eigenvalue weighted by atomic mass is 15.0. The predicted molar refractivity (Wildman–Crippen MR) is 179 cm³/mol. The molecule has 9 aromatic rings. The largest absolute Gasteiger partial charge is 0.309 e. The maximum absolute atomic E-state index is 5.03. The zero-order valence-corrected chi connectivity index (χ0v) is 23.3. The van der Waals surface area contributed by atoms with E-state index in [0.717, 1.165) is 39.6 Å². The van der Waals surface area contributed by atoms with Crippen LogP contribution >= 0.6 is 0 Å². The molecule has 0 spiro atoms. The van der Waals surface area contributed by atoms with Gasteiger partial charge in [-0.25, -0.2) is 9.97 Å². The number of fused-ring (bicyclic) bond motifs is 1. The molecule has 0 saturated heterocycles. The normalized spacial score (nSPS) is 11.7. The summed E-state index contributed by atoms with van der Waals surface area (Å²) < 4.78 is 2.40. The maximum atomic E-state index is 5.03. The molecular formula is C40H25N3. The Kier molecular flexibility index (Phi) is 5.20. The van der Waals surface area contributed by atoms with Crippen molar-refractivity contribution in [3.05, 3.63) is 152 Å². The molecule has 7 aromatic carbocycles. The van der Waals surface area contributed by atoms with Gasteiger partial charge in [-0.05, 0) is 57.9 Å². The van der Waals surface area contributed by atoms with Crippen LogP contribution in [0, 0.1) is 0 Å². The van der Waals surface area contributed by atoms with Crippen molar-refractivity contribution >= 4 is 43.4 Å². The number of aromatic nitrogens is 3. The van der Waals surface area contributed by atoms with Gasteiger partial charge in [0.1, 0.15) is 0 Å². The van der Waals surface area contributed by atoms with Crippen molar-refractivity contribution in [2.45, 2.75) is 0 Å². The molecule has 0 atom stereocenters. The van der Waals surface area contributed by atoms with Gasteiger partial charge in [0, 0.05) is 33.2 Å². The minimum atomic E-state index is 0.726. The van der Waals surface area contributed by atoms with Crippen molar-refractivity contribution in [2.75, 3.05) is 0 Å². The monoisotopic (exact) mass is 547 g/mol. The third-order valence-electron chi connectivity index (χ3n) is 8.53. The number of hydrogen-bond donors (Lipinski definition) is 0. The first-order chi connectivity index (χ1) is 21.3. The Labute approximate surface area is 248 Å². The van der Waals surface area contributed by atoms with Crippen LogP contribution in [0.5, 0.6) is 0 Å². The molecule has 3 heteroatoms. The first-order valence-corrected chi connectivity index (χ1v) is 14.6. The molecule has 0 amide bonds. The summed E-state index contributed by atoms with van der Waals surface area (Å²) in [6.45, 7) is 0. The van der Waals surface area contributed by atoms with Gasteiger partial charge in [-0.3, -0.25) is 0 Å². The quantitative estimate of drug-likeness (QED) is 0.205. The second kappa shape index (κ2) is 9.37.